The summed E-state index contributed by atoms with van der Waals surface area (Å²) in [6.45, 7) is 15.3. The van der Waals surface area contributed by atoms with Crippen molar-refractivity contribution in [3.63, 3.8) is 0 Å². The summed E-state index contributed by atoms with van der Waals surface area (Å²) in [5.74, 6) is 0.688. The molecular weight excluding hydrogens is 484 g/mol. The van der Waals surface area contributed by atoms with Gasteiger partial charge >= 0.3 is 0 Å². The van der Waals surface area contributed by atoms with Crippen LogP contribution in [-0.4, -0.2) is 47.6 Å². The Kier molecular flexibility index (Phi) is 12.5. The number of nitriles is 1. The fourth-order valence-electron chi connectivity index (χ4n) is 5.49. The number of nitrogens with zero attached hydrogens (tertiary/aromatic N) is 4. The summed E-state index contributed by atoms with van der Waals surface area (Å²) in [6.07, 6.45) is 6.45. The number of anilines is 2. The zero-order valence-electron chi connectivity index (χ0n) is 25.5. The third kappa shape index (κ3) is 7.60. The first-order valence-corrected chi connectivity index (χ1v) is 14.5. The van der Waals surface area contributed by atoms with Crippen LogP contribution in [0.1, 0.15) is 82.7 Å². The molecule has 1 fully saturated rings. The molecule has 1 aromatic carbocycles. The molecule has 1 aliphatic rings. The second kappa shape index (κ2) is 15.3. The Morgan fingerprint density at radius 1 is 1.03 bits per heavy atom. The zero-order chi connectivity index (χ0) is 29.1. The largest absolute Gasteiger partial charge is 0.368 e. The van der Waals surface area contributed by atoms with E-state index < -0.39 is 0 Å². The van der Waals surface area contributed by atoms with E-state index in [4.69, 9.17) is 0 Å². The van der Waals surface area contributed by atoms with Crippen LogP contribution in [0.5, 0.6) is 0 Å². The molecule has 7 heteroatoms. The van der Waals surface area contributed by atoms with E-state index in [0.29, 0.717) is 35.6 Å². The lowest BCUT2D eigenvalue weighted by Crippen LogP contribution is -2.42. The van der Waals surface area contributed by atoms with Crippen molar-refractivity contribution in [1.82, 2.24) is 14.9 Å². The molecular formula is C32H48N6O. The van der Waals surface area contributed by atoms with Gasteiger partial charge in [-0.3, -0.25) is 4.79 Å². The van der Waals surface area contributed by atoms with Gasteiger partial charge in [0.25, 0.3) is 5.56 Å². The molecule has 1 aliphatic carbocycles. The molecule has 0 saturated heterocycles. The van der Waals surface area contributed by atoms with Crippen molar-refractivity contribution >= 4 is 22.3 Å². The van der Waals surface area contributed by atoms with E-state index in [1.807, 2.05) is 72.0 Å². The lowest BCUT2D eigenvalue weighted by molar-refractivity contribution is 0.214. The van der Waals surface area contributed by atoms with E-state index in [9.17, 15) is 10.1 Å². The first-order chi connectivity index (χ1) is 18.8. The minimum Gasteiger partial charge on any atom is -0.368 e. The Balaban J connectivity index is 0.00000127. The van der Waals surface area contributed by atoms with Crippen LogP contribution in [0.2, 0.25) is 0 Å². The molecule has 2 aromatic heterocycles. The maximum absolute atomic E-state index is 12.5. The number of rotatable bonds is 7. The third-order valence-corrected chi connectivity index (χ3v) is 7.40. The molecule has 0 radical (unpaired) electrons. The Morgan fingerprint density at radius 2 is 1.67 bits per heavy atom. The highest BCUT2D eigenvalue weighted by atomic mass is 16.1. The molecule has 0 unspecified atom stereocenters. The minimum absolute atomic E-state index is 0.0841. The van der Waals surface area contributed by atoms with Gasteiger partial charge in [0.2, 0.25) is 0 Å². The quantitative estimate of drug-likeness (QED) is 0.349. The van der Waals surface area contributed by atoms with Crippen LogP contribution in [0.4, 0.5) is 11.5 Å². The number of aromatic amines is 1. The number of aryl methyl sites for hydroxylation is 2. The van der Waals surface area contributed by atoms with E-state index in [1.165, 1.54) is 12.8 Å². The van der Waals surface area contributed by atoms with Crippen molar-refractivity contribution in [3.05, 3.63) is 63.2 Å². The molecule has 0 amide bonds. The second-order valence-corrected chi connectivity index (χ2v) is 9.87. The zero-order valence-corrected chi connectivity index (χ0v) is 25.5. The van der Waals surface area contributed by atoms with Crippen molar-refractivity contribution in [1.29, 1.82) is 5.26 Å². The highest BCUT2D eigenvalue weighted by Crippen LogP contribution is 2.36. The van der Waals surface area contributed by atoms with Crippen LogP contribution in [-0.2, 0) is 6.54 Å². The summed E-state index contributed by atoms with van der Waals surface area (Å²) in [5.41, 5.74) is 4.11. The van der Waals surface area contributed by atoms with E-state index in [0.717, 1.165) is 47.1 Å². The third-order valence-electron chi connectivity index (χ3n) is 7.40. The summed E-state index contributed by atoms with van der Waals surface area (Å²) in [4.78, 5) is 24.8. The molecule has 2 heterocycles. The first kappa shape index (κ1) is 31.8. The standard InChI is InChI=1S/C28H36N6O.2C2H6/c1-6-34(22-9-7-21(8-10-22)33(4)5)26-15-20(16-29)14-24-23(26)11-12-30-27(24)31-17-25-18(2)13-19(3)32-28(25)35;2*1-2/h11-15,21-22H,6-10,17H2,1-5H3,(H,30,31)(H,32,35);2*1-2H3. The predicted octanol–water partition coefficient (Wildman–Crippen LogP) is 6.78. The van der Waals surface area contributed by atoms with Crippen LogP contribution in [0.15, 0.2) is 35.3 Å². The van der Waals surface area contributed by atoms with E-state index in [-0.39, 0.29) is 5.56 Å². The molecule has 4 rings (SSSR count). The summed E-state index contributed by atoms with van der Waals surface area (Å²) < 4.78 is 0. The maximum atomic E-state index is 12.5. The average Bonchev–Trinajstić information content (AvgIpc) is 2.95. The van der Waals surface area contributed by atoms with Gasteiger partial charge in [-0.15, -0.1) is 0 Å². The van der Waals surface area contributed by atoms with Gasteiger partial charge in [-0.25, -0.2) is 4.98 Å². The van der Waals surface area contributed by atoms with E-state index in [1.54, 1.807) is 0 Å². The summed E-state index contributed by atoms with van der Waals surface area (Å²) in [7, 11) is 4.33. The average molecular weight is 533 g/mol. The Bertz CT molecular complexity index is 1300. The van der Waals surface area contributed by atoms with Gasteiger partial charge in [0.1, 0.15) is 5.82 Å². The number of hydrogen-bond donors (Lipinski definition) is 2. The molecule has 0 atom stereocenters. The first-order valence-electron chi connectivity index (χ1n) is 14.5. The molecule has 212 valence electrons. The fourth-order valence-corrected chi connectivity index (χ4v) is 5.49. The topological polar surface area (TPSA) is 88.0 Å². The van der Waals surface area contributed by atoms with Gasteiger partial charge in [-0.2, -0.15) is 5.26 Å². The van der Waals surface area contributed by atoms with Crippen molar-refractivity contribution in [2.24, 2.45) is 0 Å². The molecule has 0 aliphatic heterocycles. The molecule has 1 saturated carbocycles. The number of hydrogen-bond acceptors (Lipinski definition) is 6. The van der Waals surface area contributed by atoms with Crippen LogP contribution >= 0.6 is 0 Å². The number of pyridine rings is 2. The highest BCUT2D eigenvalue weighted by molar-refractivity contribution is 6.01. The second-order valence-electron chi connectivity index (χ2n) is 9.87. The normalized spacial score (nSPS) is 16.4. The van der Waals surface area contributed by atoms with E-state index in [2.05, 4.69) is 52.2 Å². The number of H-pyrrole nitrogens is 1. The van der Waals surface area contributed by atoms with Gasteiger partial charge < -0.3 is 20.1 Å². The fraction of sp³-hybridized carbons (Fsp3) is 0.531. The van der Waals surface area contributed by atoms with Gasteiger partial charge in [0.15, 0.2) is 0 Å². The Hall–Kier alpha value is -3.37. The maximum Gasteiger partial charge on any atom is 0.253 e. The van der Waals surface area contributed by atoms with Crippen LogP contribution in [0.25, 0.3) is 10.8 Å². The SMILES string of the molecule is CC.CC.CCN(c1cc(C#N)cc2c(NCc3c(C)cc(C)[nH]c3=O)nccc12)C1CCC(N(C)C)CC1. The number of benzene rings is 1. The lowest BCUT2D eigenvalue weighted by Gasteiger charge is -2.40. The van der Waals surface area contributed by atoms with Gasteiger partial charge in [0, 0.05) is 59.1 Å². The summed E-state index contributed by atoms with van der Waals surface area (Å²) >= 11 is 0. The summed E-state index contributed by atoms with van der Waals surface area (Å²) in [6, 6.07) is 11.4. The Labute approximate surface area is 235 Å². The molecule has 2 N–H and O–H groups in total. The number of aromatic nitrogens is 2. The Morgan fingerprint density at radius 3 is 2.23 bits per heavy atom. The van der Waals surface area contributed by atoms with Gasteiger partial charge in [-0.05, 0) is 90.4 Å². The lowest BCUT2D eigenvalue weighted by atomic mass is 9.89. The summed E-state index contributed by atoms with van der Waals surface area (Å²) in [5, 5.41) is 15.2. The smallest absolute Gasteiger partial charge is 0.253 e. The van der Waals surface area contributed by atoms with Crippen LogP contribution in [0, 0.1) is 25.2 Å². The molecule has 39 heavy (non-hydrogen) atoms. The minimum atomic E-state index is -0.0841. The molecule has 7 nitrogen and oxygen atoms in total. The molecule has 3 aromatic rings. The van der Waals surface area contributed by atoms with Crippen LogP contribution < -0.4 is 15.8 Å². The number of nitrogens with one attached hydrogen (secondary N) is 2. The van der Waals surface area contributed by atoms with Gasteiger partial charge in [0.05, 0.1) is 11.6 Å². The monoisotopic (exact) mass is 532 g/mol. The van der Waals surface area contributed by atoms with Crippen molar-refractivity contribution in [3.8, 4) is 6.07 Å². The van der Waals surface area contributed by atoms with Gasteiger partial charge in [-0.1, -0.05) is 27.7 Å². The van der Waals surface area contributed by atoms with Crippen molar-refractivity contribution in [2.45, 2.75) is 92.8 Å². The van der Waals surface area contributed by atoms with Crippen molar-refractivity contribution < 1.29 is 0 Å². The highest BCUT2D eigenvalue weighted by Gasteiger charge is 2.27. The molecule has 0 bridgehead atoms. The molecule has 0 spiro atoms. The number of fused-ring (bicyclic) bond motifs is 1. The van der Waals surface area contributed by atoms with Crippen molar-refractivity contribution in [2.75, 3.05) is 30.9 Å². The van der Waals surface area contributed by atoms with E-state index >= 15 is 0 Å². The van der Waals surface area contributed by atoms with Crippen LogP contribution in [0.3, 0.4) is 0 Å². The predicted molar refractivity (Wildman–Crippen MR) is 166 cm³/mol.